The largest absolute Gasteiger partial charge is 0.497 e. The first-order chi connectivity index (χ1) is 13.1. The van der Waals surface area contributed by atoms with Gasteiger partial charge >= 0.3 is 0 Å². The van der Waals surface area contributed by atoms with Crippen LogP contribution in [0.15, 0.2) is 48.5 Å². The molecule has 0 radical (unpaired) electrons. The number of methoxy groups -OCH3 is 2. The van der Waals surface area contributed by atoms with E-state index in [-0.39, 0.29) is 18.0 Å². The van der Waals surface area contributed by atoms with Crippen LogP contribution in [0.4, 0.5) is 9.52 Å². The lowest BCUT2D eigenvalue weighted by Crippen LogP contribution is -2.34. The van der Waals surface area contributed by atoms with Crippen LogP contribution >= 0.6 is 11.3 Å². The topological polar surface area (TPSA) is 64.5 Å². The predicted octanol–water partition coefficient (Wildman–Crippen LogP) is 3.65. The Labute approximate surface area is 160 Å². The quantitative estimate of drug-likeness (QED) is 0.619. The number of aromatic nitrogens is 2. The summed E-state index contributed by atoms with van der Waals surface area (Å²) >= 11 is 1.28. The van der Waals surface area contributed by atoms with Gasteiger partial charge in [-0.15, -0.1) is 10.2 Å². The van der Waals surface area contributed by atoms with Crippen molar-refractivity contribution in [2.75, 3.05) is 32.3 Å². The number of rotatable bonds is 7. The third-order valence-electron chi connectivity index (χ3n) is 3.82. The number of ether oxygens (including phenoxy) is 2. The molecule has 0 atom stereocenters. The lowest BCUT2D eigenvalue weighted by Gasteiger charge is -2.19. The van der Waals surface area contributed by atoms with Gasteiger partial charge in [-0.25, -0.2) is 4.39 Å². The van der Waals surface area contributed by atoms with Gasteiger partial charge in [0.1, 0.15) is 16.6 Å². The van der Waals surface area contributed by atoms with E-state index in [9.17, 15) is 9.18 Å². The highest BCUT2D eigenvalue weighted by molar-refractivity contribution is 7.18. The minimum atomic E-state index is -0.469. The van der Waals surface area contributed by atoms with Crippen molar-refractivity contribution >= 4 is 22.4 Å². The van der Waals surface area contributed by atoms with E-state index in [0.29, 0.717) is 16.7 Å². The normalized spacial score (nSPS) is 10.6. The van der Waals surface area contributed by atoms with Crippen molar-refractivity contribution in [3.05, 3.63) is 59.9 Å². The Kier molecular flexibility index (Phi) is 6.10. The van der Waals surface area contributed by atoms with Crippen molar-refractivity contribution in [3.8, 4) is 16.3 Å². The number of carbonyl (C=O) groups excluding carboxylic acids is 1. The van der Waals surface area contributed by atoms with Crippen LogP contribution in [0.2, 0.25) is 0 Å². The van der Waals surface area contributed by atoms with Gasteiger partial charge in [-0.2, -0.15) is 0 Å². The molecular weight excluding hydrogens is 369 g/mol. The molecule has 0 fully saturated rings. The molecule has 27 heavy (non-hydrogen) atoms. The smallest absolute Gasteiger partial charge is 0.260 e. The zero-order valence-corrected chi connectivity index (χ0v) is 15.7. The Hall–Kier alpha value is -2.84. The van der Waals surface area contributed by atoms with Gasteiger partial charge in [0, 0.05) is 18.2 Å². The zero-order chi connectivity index (χ0) is 19.2. The van der Waals surface area contributed by atoms with Gasteiger partial charge in [-0.3, -0.25) is 9.69 Å². The van der Waals surface area contributed by atoms with Crippen LogP contribution in [0.5, 0.6) is 5.75 Å². The van der Waals surface area contributed by atoms with Crippen LogP contribution in [-0.2, 0) is 4.74 Å². The van der Waals surface area contributed by atoms with E-state index in [4.69, 9.17) is 9.47 Å². The Bertz CT molecular complexity index is 915. The second-order valence-corrected chi connectivity index (χ2v) is 6.53. The molecule has 1 heterocycles. The molecule has 140 valence electrons. The van der Waals surface area contributed by atoms with Gasteiger partial charge in [0.05, 0.1) is 20.3 Å². The molecule has 1 aromatic heterocycles. The number of hydrogen-bond acceptors (Lipinski definition) is 6. The van der Waals surface area contributed by atoms with Crippen LogP contribution in [-0.4, -0.2) is 43.5 Å². The molecule has 0 aliphatic heterocycles. The first-order valence-electron chi connectivity index (χ1n) is 8.16. The van der Waals surface area contributed by atoms with Crippen LogP contribution in [0.25, 0.3) is 10.6 Å². The molecule has 0 unspecified atom stereocenters. The third-order valence-corrected chi connectivity index (χ3v) is 4.81. The molecule has 6 nitrogen and oxygen atoms in total. The van der Waals surface area contributed by atoms with Gasteiger partial charge in [-0.1, -0.05) is 17.4 Å². The Morgan fingerprint density at radius 1 is 1.15 bits per heavy atom. The summed E-state index contributed by atoms with van der Waals surface area (Å²) in [6.07, 6.45) is 0. The average Bonchev–Trinajstić information content (AvgIpc) is 3.18. The van der Waals surface area contributed by atoms with Crippen molar-refractivity contribution in [3.63, 3.8) is 0 Å². The van der Waals surface area contributed by atoms with E-state index < -0.39 is 5.82 Å². The number of benzene rings is 2. The fourth-order valence-corrected chi connectivity index (χ4v) is 3.29. The monoisotopic (exact) mass is 387 g/mol. The van der Waals surface area contributed by atoms with E-state index in [0.717, 1.165) is 11.3 Å². The summed E-state index contributed by atoms with van der Waals surface area (Å²) in [5, 5.41) is 9.43. The van der Waals surface area contributed by atoms with Crippen LogP contribution in [0, 0.1) is 5.82 Å². The molecule has 0 spiro atoms. The standard InChI is InChI=1S/C19H18FN3O3S/c1-25-11-10-23(18(24)14-4-3-5-15(20)12-14)19-22-21-17(27-19)13-6-8-16(26-2)9-7-13/h3-9,12H,10-11H2,1-2H3. The Morgan fingerprint density at radius 3 is 2.59 bits per heavy atom. The molecule has 3 aromatic rings. The van der Waals surface area contributed by atoms with Gasteiger partial charge in [-0.05, 0) is 42.5 Å². The number of amides is 1. The van der Waals surface area contributed by atoms with E-state index in [1.165, 1.54) is 34.4 Å². The van der Waals surface area contributed by atoms with Gasteiger partial charge in [0.15, 0.2) is 0 Å². The number of halogens is 1. The molecule has 0 aliphatic carbocycles. The van der Waals surface area contributed by atoms with Gasteiger partial charge in [0.25, 0.3) is 5.91 Å². The van der Waals surface area contributed by atoms with Gasteiger partial charge < -0.3 is 9.47 Å². The van der Waals surface area contributed by atoms with Gasteiger partial charge in [0.2, 0.25) is 5.13 Å². The van der Waals surface area contributed by atoms with E-state index in [1.54, 1.807) is 20.3 Å². The number of anilines is 1. The highest BCUT2D eigenvalue weighted by Gasteiger charge is 2.22. The molecule has 2 aromatic carbocycles. The maximum Gasteiger partial charge on any atom is 0.260 e. The van der Waals surface area contributed by atoms with Crippen LogP contribution < -0.4 is 9.64 Å². The third kappa shape index (κ3) is 4.47. The van der Waals surface area contributed by atoms with Crippen molar-refractivity contribution in [1.82, 2.24) is 10.2 Å². The van der Waals surface area contributed by atoms with Crippen molar-refractivity contribution in [2.24, 2.45) is 0 Å². The maximum atomic E-state index is 13.5. The average molecular weight is 387 g/mol. The SMILES string of the molecule is COCCN(C(=O)c1cccc(F)c1)c1nnc(-c2ccc(OC)cc2)s1. The van der Waals surface area contributed by atoms with E-state index in [1.807, 2.05) is 24.3 Å². The number of hydrogen-bond donors (Lipinski definition) is 0. The predicted molar refractivity (Wildman–Crippen MR) is 102 cm³/mol. The summed E-state index contributed by atoms with van der Waals surface area (Å²) in [5.74, 6) is -0.0841. The van der Waals surface area contributed by atoms with E-state index in [2.05, 4.69) is 10.2 Å². The molecule has 0 saturated carbocycles. The zero-order valence-electron chi connectivity index (χ0n) is 14.9. The Morgan fingerprint density at radius 2 is 1.93 bits per heavy atom. The molecule has 0 N–H and O–H groups in total. The summed E-state index contributed by atoms with van der Waals surface area (Å²) in [6.45, 7) is 0.599. The van der Waals surface area contributed by atoms with Crippen molar-refractivity contribution in [2.45, 2.75) is 0 Å². The molecule has 0 aliphatic rings. The first-order valence-corrected chi connectivity index (χ1v) is 8.98. The van der Waals surface area contributed by atoms with Crippen molar-refractivity contribution in [1.29, 1.82) is 0 Å². The molecule has 0 saturated heterocycles. The molecule has 0 bridgehead atoms. The minimum absolute atomic E-state index is 0.243. The molecule has 1 amide bonds. The number of nitrogens with zero attached hydrogens (tertiary/aromatic N) is 3. The van der Waals surface area contributed by atoms with Crippen LogP contribution in [0.1, 0.15) is 10.4 Å². The number of carbonyl (C=O) groups is 1. The fraction of sp³-hybridized carbons (Fsp3) is 0.211. The van der Waals surface area contributed by atoms with Crippen molar-refractivity contribution < 1.29 is 18.7 Å². The van der Waals surface area contributed by atoms with E-state index >= 15 is 0 Å². The lowest BCUT2D eigenvalue weighted by atomic mass is 10.2. The Balaban J connectivity index is 1.89. The maximum absolute atomic E-state index is 13.5. The first kappa shape index (κ1) is 18.9. The summed E-state index contributed by atoms with van der Waals surface area (Å²) in [4.78, 5) is 14.3. The second kappa shape index (κ2) is 8.70. The molecule has 3 rings (SSSR count). The highest BCUT2D eigenvalue weighted by atomic mass is 32.1. The summed E-state index contributed by atoms with van der Waals surface area (Å²) in [6, 6.07) is 13.0. The van der Waals surface area contributed by atoms with Crippen LogP contribution in [0.3, 0.4) is 0 Å². The molecular formula is C19H18FN3O3S. The summed E-state index contributed by atoms with van der Waals surface area (Å²) in [5.41, 5.74) is 1.11. The summed E-state index contributed by atoms with van der Waals surface area (Å²) in [7, 11) is 3.15. The lowest BCUT2D eigenvalue weighted by molar-refractivity contribution is 0.0975. The summed E-state index contributed by atoms with van der Waals surface area (Å²) < 4.78 is 23.7. The highest BCUT2D eigenvalue weighted by Crippen LogP contribution is 2.30. The molecule has 8 heteroatoms. The second-order valence-electron chi connectivity index (χ2n) is 5.58. The minimum Gasteiger partial charge on any atom is -0.497 e. The fourth-order valence-electron chi connectivity index (χ4n) is 2.42.